The minimum absolute atomic E-state index is 0.207. The molecule has 0 amide bonds. The van der Waals surface area contributed by atoms with E-state index in [1.807, 2.05) is 0 Å². The lowest BCUT2D eigenvalue weighted by Crippen LogP contribution is -1.99. The molecule has 0 saturated carbocycles. The Balaban J connectivity index is 2.77. The molecule has 0 aliphatic heterocycles. The van der Waals surface area contributed by atoms with Crippen molar-refractivity contribution < 1.29 is 14.6 Å². The van der Waals surface area contributed by atoms with Gasteiger partial charge in [-0.2, -0.15) is 0 Å². The third kappa shape index (κ3) is 2.78. The summed E-state index contributed by atoms with van der Waals surface area (Å²) in [6, 6.07) is 5.07. The first-order valence-electron chi connectivity index (χ1n) is 4.32. The fourth-order valence-electron chi connectivity index (χ4n) is 1.10. The van der Waals surface area contributed by atoms with Gasteiger partial charge in [0.2, 0.25) is 0 Å². The summed E-state index contributed by atoms with van der Waals surface area (Å²) in [5.74, 6) is 0.941. The smallest absolute Gasteiger partial charge is 0.188 e. The van der Waals surface area contributed by atoms with Crippen LogP contribution < -0.4 is 4.74 Å². The molecule has 1 N–H and O–H groups in total. The lowest BCUT2D eigenvalue weighted by molar-refractivity contribution is 0.0510. The average molecular weight is 194 g/mol. The van der Waals surface area contributed by atoms with Crippen molar-refractivity contribution in [3.8, 4) is 11.5 Å². The van der Waals surface area contributed by atoms with Crippen LogP contribution in [-0.4, -0.2) is 19.0 Å². The van der Waals surface area contributed by atoms with Gasteiger partial charge in [-0.05, 0) is 24.6 Å². The summed E-state index contributed by atoms with van der Waals surface area (Å²) in [4.78, 5) is 0. The summed E-state index contributed by atoms with van der Waals surface area (Å²) >= 11 is 0. The predicted octanol–water partition coefficient (Wildman–Crippen LogP) is 2.10. The van der Waals surface area contributed by atoms with Crippen LogP contribution in [0.2, 0.25) is 0 Å². The highest BCUT2D eigenvalue weighted by molar-refractivity contribution is 5.40. The first-order chi connectivity index (χ1) is 6.77. The zero-order valence-corrected chi connectivity index (χ0v) is 8.19. The van der Waals surface area contributed by atoms with E-state index in [1.54, 1.807) is 31.4 Å². The highest BCUT2D eigenvalue weighted by Gasteiger charge is 2.01. The summed E-state index contributed by atoms with van der Waals surface area (Å²) in [6.07, 6.45) is 2.35. The van der Waals surface area contributed by atoms with Crippen LogP contribution in [0.3, 0.4) is 0 Å². The fraction of sp³-hybridized carbons (Fsp3) is 0.273. The molecule has 0 bridgehead atoms. The summed E-state index contributed by atoms with van der Waals surface area (Å²) in [5.41, 5.74) is 0.800. The molecule has 0 atom stereocenters. The Morgan fingerprint density at radius 1 is 1.50 bits per heavy atom. The Hall–Kier alpha value is -1.48. The number of rotatable bonds is 5. The van der Waals surface area contributed by atoms with Crippen LogP contribution in [0.1, 0.15) is 5.56 Å². The van der Waals surface area contributed by atoms with Crippen LogP contribution in [-0.2, 0) is 11.2 Å². The number of allylic oxidation sites excluding steroid dienone is 1. The Morgan fingerprint density at radius 2 is 2.29 bits per heavy atom. The molecule has 3 nitrogen and oxygen atoms in total. The summed E-state index contributed by atoms with van der Waals surface area (Å²) in [5, 5.41) is 9.46. The van der Waals surface area contributed by atoms with E-state index in [1.165, 1.54) is 0 Å². The van der Waals surface area contributed by atoms with Gasteiger partial charge in [0.15, 0.2) is 6.79 Å². The van der Waals surface area contributed by atoms with Gasteiger partial charge in [0, 0.05) is 12.7 Å². The molecular weight excluding hydrogens is 180 g/mol. The van der Waals surface area contributed by atoms with Crippen LogP contribution in [0.5, 0.6) is 11.5 Å². The van der Waals surface area contributed by atoms with Crippen molar-refractivity contribution in [3.63, 3.8) is 0 Å². The molecule has 0 radical (unpaired) electrons. The number of methoxy groups -OCH3 is 1. The molecule has 76 valence electrons. The molecule has 0 heterocycles. The molecule has 0 spiro atoms. The Bertz CT molecular complexity index is 307. The van der Waals surface area contributed by atoms with Gasteiger partial charge in [-0.3, -0.25) is 0 Å². The zero-order valence-electron chi connectivity index (χ0n) is 8.19. The molecule has 0 aromatic heterocycles. The normalized spacial score (nSPS) is 9.79. The number of phenolic OH excluding ortho intramolecular Hbond substituents is 1. The number of hydrogen-bond donors (Lipinski definition) is 1. The topological polar surface area (TPSA) is 38.7 Å². The second kappa shape index (κ2) is 5.29. The quantitative estimate of drug-likeness (QED) is 0.576. The van der Waals surface area contributed by atoms with E-state index in [2.05, 4.69) is 6.58 Å². The number of ether oxygens (including phenoxy) is 2. The summed E-state index contributed by atoms with van der Waals surface area (Å²) in [7, 11) is 1.56. The van der Waals surface area contributed by atoms with Gasteiger partial charge in [-0.25, -0.2) is 0 Å². The van der Waals surface area contributed by atoms with E-state index in [4.69, 9.17) is 9.47 Å². The van der Waals surface area contributed by atoms with E-state index < -0.39 is 0 Å². The minimum atomic E-state index is 0.207. The molecule has 1 aromatic rings. The second-order valence-electron chi connectivity index (χ2n) is 2.83. The van der Waals surface area contributed by atoms with Crippen LogP contribution in [0.25, 0.3) is 0 Å². The van der Waals surface area contributed by atoms with Crippen LogP contribution in [0.15, 0.2) is 30.9 Å². The fourth-order valence-corrected chi connectivity index (χ4v) is 1.10. The number of aromatic hydroxyl groups is 1. The van der Waals surface area contributed by atoms with Crippen molar-refractivity contribution in [1.29, 1.82) is 0 Å². The number of hydrogen-bond acceptors (Lipinski definition) is 3. The average Bonchev–Trinajstić information content (AvgIpc) is 2.19. The van der Waals surface area contributed by atoms with Crippen molar-refractivity contribution in [3.05, 3.63) is 36.4 Å². The monoisotopic (exact) mass is 194 g/mol. The maximum atomic E-state index is 9.46. The summed E-state index contributed by atoms with van der Waals surface area (Å²) in [6.45, 7) is 3.82. The molecule has 1 rings (SSSR count). The molecule has 0 fully saturated rings. The van der Waals surface area contributed by atoms with E-state index >= 15 is 0 Å². The van der Waals surface area contributed by atoms with Gasteiger partial charge in [0.1, 0.15) is 11.5 Å². The van der Waals surface area contributed by atoms with Crippen molar-refractivity contribution in [2.45, 2.75) is 6.42 Å². The maximum Gasteiger partial charge on any atom is 0.188 e. The first-order valence-corrected chi connectivity index (χ1v) is 4.32. The number of phenols is 1. The lowest BCUT2D eigenvalue weighted by atomic mass is 10.1. The number of benzene rings is 1. The molecule has 0 saturated heterocycles. The summed E-state index contributed by atoms with van der Waals surface area (Å²) < 4.78 is 10.0. The van der Waals surface area contributed by atoms with E-state index in [-0.39, 0.29) is 12.5 Å². The SMILES string of the molecule is C=CCc1cc(OCOC)ccc1O. The maximum absolute atomic E-state index is 9.46. The molecule has 14 heavy (non-hydrogen) atoms. The molecular formula is C11H14O3. The van der Waals surface area contributed by atoms with E-state index in [0.29, 0.717) is 12.2 Å². The van der Waals surface area contributed by atoms with Gasteiger partial charge in [0.05, 0.1) is 0 Å². The molecule has 0 aliphatic carbocycles. The zero-order chi connectivity index (χ0) is 10.4. The van der Waals surface area contributed by atoms with Crippen molar-refractivity contribution in [1.82, 2.24) is 0 Å². The van der Waals surface area contributed by atoms with Gasteiger partial charge in [0.25, 0.3) is 0 Å². The predicted molar refractivity (Wildman–Crippen MR) is 54.5 cm³/mol. The Labute approximate surface area is 83.6 Å². The van der Waals surface area contributed by atoms with Crippen LogP contribution >= 0.6 is 0 Å². The molecule has 0 unspecified atom stereocenters. The Morgan fingerprint density at radius 3 is 2.93 bits per heavy atom. The molecule has 1 aromatic carbocycles. The van der Waals surface area contributed by atoms with E-state index in [0.717, 1.165) is 5.56 Å². The standard InChI is InChI=1S/C11H14O3/c1-3-4-9-7-10(14-8-13-2)5-6-11(9)12/h3,5-7,12H,1,4,8H2,2H3. The van der Waals surface area contributed by atoms with Crippen molar-refractivity contribution in [2.75, 3.05) is 13.9 Å². The largest absolute Gasteiger partial charge is 0.508 e. The minimum Gasteiger partial charge on any atom is -0.508 e. The molecule has 3 heteroatoms. The Kier molecular flexibility index (Phi) is 4.01. The first kappa shape index (κ1) is 10.6. The van der Waals surface area contributed by atoms with E-state index in [9.17, 15) is 5.11 Å². The molecule has 0 aliphatic rings. The third-order valence-electron chi connectivity index (χ3n) is 1.76. The van der Waals surface area contributed by atoms with Crippen LogP contribution in [0, 0.1) is 0 Å². The third-order valence-corrected chi connectivity index (χ3v) is 1.76. The van der Waals surface area contributed by atoms with Crippen molar-refractivity contribution in [2.24, 2.45) is 0 Å². The van der Waals surface area contributed by atoms with Gasteiger partial charge >= 0.3 is 0 Å². The van der Waals surface area contributed by atoms with Gasteiger partial charge in [-0.15, -0.1) is 6.58 Å². The van der Waals surface area contributed by atoms with Crippen LogP contribution in [0.4, 0.5) is 0 Å². The van der Waals surface area contributed by atoms with Gasteiger partial charge in [-0.1, -0.05) is 6.08 Å². The van der Waals surface area contributed by atoms with Gasteiger partial charge < -0.3 is 14.6 Å². The van der Waals surface area contributed by atoms with Crippen molar-refractivity contribution >= 4 is 0 Å². The lowest BCUT2D eigenvalue weighted by Gasteiger charge is -2.07. The second-order valence-corrected chi connectivity index (χ2v) is 2.83. The highest BCUT2D eigenvalue weighted by Crippen LogP contribution is 2.23. The highest BCUT2D eigenvalue weighted by atomic mass is 16.7.